The Kier molecular flexibility index (Phi) is 2.56. The minimum absolute atomic E-state index is 0.234. The van der Waals surface area contributed by atoms with Gasteiger partial charge in [-0.25, -0.2) is 4.98 Å². The van der Waals surface area contributed by atoms with E-state index in [2.05, 4.69) is 10.3 Å². The Labute approximate surface area is 92.1 Å². The van der Waals surface area contributed by atoms with Crippen molar-refractivity contribution in [3.05, 3.63) is 41.2 Å². The molecule has 0 unspecified atom stereocenters. The summed E-state index contributed by atoms with van der Waals surface area (Å²) in [5.74, 6) is -0.234. The first kappa shape index (κ1) is 9.93. The van der Waals surface area contributed by atoms with Gasteiger partial charge in [0.25, 0.3) is 5.91 Å². The summed E-state index contributed by atoms with van der Waals surface area (Å²) in [6.45, 7) is 0. The van der Waals surface area contributed by atoms with Gasteiger partial charge in [-0.2, -0.15) is 0 Å². The van der Waals surface area contributed by atoms with Crippen molar-refractivity contribution < 1.29 is 4.79 Å². The van der Waals surface area contributed by atoms with Crippen LogP contribution >= 0.6 is 11.6 Å². The minimum atomic E-state index is -0.234. The van der Waals surface area contributed by atoms with Gasteiger partial charge in [-0.05, 0) is 11.5 Å². The molecule has 0 atom stereocenters. The predicted molar refractivity (Wildman–Crippen MR) is 60.1 cm³/mol. The first-order valence-electron chi connectivity index (χ1n) is 4.50. The van der Waals surface area contributed by atoms with Crippen LogP contribution in [-0.2, 0) is 0 Å². The molecule has 1 aromatic carbocycles. The van der Waals surface area contributed by atoms with Gasteiger partial charge in [0, 0.05) is 12.4 Å². The molecular weight excluding hydrogens is 212 g/mol. The van der Waals surface area contributed by atoms with Crippen LogP contribution in [0.5, 0.6) is 0 Å². The topological polar surface area (TPSA) is 42.0 Å². The van der Waals surface area contributed by atoms with E-state index < -0.39 is 0 Å². The fourth-order valence-corrected chi connectivity index (χ4v) is 1.66. The highest BCUT2D eigenvalue weighted by molar-refractivity contribution is 6.34. The number of hydrogen-bond donors (Lipinski definition) is 1. The Morgan fingerprint density at radius 1 is 1.40 bits per heavy atom. The maximum atomic E-state index is 11.4. The third-order valence-corrected chi connectivity index (χ3v) is 2.44. The van der Waals surface area contributed by atoms with Gasteiger partial charge in [-0.3, -0.25) is 4.79 Å². The molecule has 15 heavy (non-hydrogen) atoms. The molecule has 0 aliphatic heterocycles. The summed E-state index contributed by atoms with van der Waals surface area (Å²) in [4.78, 5) is 15.4. The zero-order valence-corrected chi connectivity index (χ0v) is 8.88. The number of amides is 1. The van der Waals surface area contributed by atoms with E-state index in [1.54, 1.807) is 13.1 Å². The number of benzene rings is 1. The molecular formula is C11H9ClN2O. The van der Waals surface area contributed by atoms with Gasteiger partial charge in [0.05, 0.1) is 0 Å². The van der Waals surface area contributed by atoms with Crippen LogP contribution < -0.4 is 5.32 Å². The Bertz CT molecular complexity index is 525. The molecule has 0 aliphatic carbocycles. The van der Waals surface area contributed by atoms with Gasteiger partial charge in [-0.1, -0.05) is 35.9 Å². The van der Waals surface area contributed by atoms with Gasteiger partial charge >= 0.3 is 0 Å². The molecule has 1 N–H and O–H groups in total. The van der Waals surface area contributed by atoms with E-state index in [1.165, 1.54) is 0 Å². The van der Waals surface area contributed by atoms with Crippen LogP contribution in [0.1, 0.15) is 10.5 Å². The molecule has 1 aromatic heterocycles. The molecule has 3 nitrogen and oxygen atoms in total. The van der Waals surface area contributed by atoms with Crippen molar-refractivity contribution in [3.8, 4) is 0 Å². The van der Waals surface area contributed by atoms with Crippen molar-refractivity contribution in [2.24, 2.45) is 0 Å². The third-order valence-electron chi connectivity index (χ3n) is 2.15. The lowest BCUT2D eigenvalue weighted by atomic mass is 10.1. The molecule has 0 aliphatic rings. The Hall–Kier alpha value is -1.61. The minimum Gasteiger partial charge on any atom is -0.354 e. The summed E-state index contributed by atoms with van der Waals surface area (Å²) in [5, 5.41) is 4.63. The molecule has 76 valence electrons. The standard InChI is InChI=1S/C11H9ClN2O/c1-13-11(15)9-6-7-4-2-3-5-8(7)10(12)14-9/h2-6H,1H3,(H,13,15). The van der Waals surface area contributed by atoms with Crippen molar-refractivity contribution in [1.82, 2.24) is 10.3 Å². The van der Waals surface area contributed by atoms with Gasteiger partial charge in [0.1, 0.15) is 10.8 Å². The number of aromatic nitrogens is 1. The molecule has 0 spiro atoms. The number of halogens is 1. The van der Waals surface area contributed by atoms with E-state index in [0.29, 0.717) is 10.8 Å². The second-order valence-electron chi connectivity index (χ2n) is 3.10. The molecule has 2 rings (SSSR count). The number of rotatable bonds is 1. The third kappa shape index (κ3) is 1.78. The van der Waals surface area contributed by atoms with Crippen molar-refractivity contribution >= 4 is 28.3 Å². The maximum absolute atomic E-state index is 11.4. The van der Waals surface area contributed by atoms with Crippen LogP contribution in [0.4, 0.5) is 0 Å². The molecule has 0 radical (unpaired) electrons. The highest BCUT2D eigenvalue weighted by Gasteiger charge is 2.08. The SMILES string of the molecule is CNC(=O)c1cc2ccccc2c(Cl)n1. The van der Waals surface area contributed by atoms with Crippen LogP contribution in [0.2, 0.25) is 5.15 Å². The fourth-order valence-electron chi connectivity index (χ4n) is 1.40. The highest BCUT2D eigenvalue weighted by Crippen LogP contribution is 2.22. The Balaban J connectivity index is 2.67. The lowest BCUT2D eigenvalue weighted by Crippen LogP contribution is -2.19. The molecule has 0 bridgehead atoms. The van der Waals surface area contributed by atoms with E-state index >= 15 is 0 Å². The molecule has 0 fully saturated rings. The number of carbonyl (C=O) groups excluding carboxylic acids is 1. The number of pyridine rings is 1. The lowest BCUT2D eigenvalue weighted by Gasteiger charge is -2.03. The Morgan fingerprint density at radius 3 is 2.87 bits per heavy atom. The van der Waals surface area contributed by atoms with E-state index in [-0.39, 0.29) is 5.91 Å². The quantitative estimate of drug-likeness (QED) is 0.749. The van der Waals surface area contributed by atoms with E-state index in [4.69, 9.17) is 11.6 Å². The number of nitrogens with zero attached hydrogens (tertiary/aromatic N) is 1. The van der Waals surface area contributed by atoms with Crippen LogP contribution in [-0.4, -0.2) is 17.9 Å². The smallest absolute Gasteiger partial charge is 0.269 e. The first-order chi connectivity index (χ1) is 7.22. The summed E-state index contributed by atoms with van der Waals surface area (Å²) in [7, 11) is 1.56. The normalized spacial score (nSPS) is 10.3. The van der Waals surface area contributed by atoms with Crippen molar-refractivity contribution in [2.75, 3.05) is 7.05 Å². The van der Waals surface area contributed by atoms with Gasteiger partial charge in [-0.15, -0.1) is 0 Å². The zero-order chi connectivity index (χ0) is 10.8. The summed E-state index contributed by atoms with van der Waals surface area (Å²) in [5.41, 5.74) is 0.334. The first-order valence-corrected chi connectivity index (χ1v) is 4.87. The predicted octanol–water partition coefficient (Wildman–Crippen LogP) is 2.25. The second-order valence-corrected chi connectivity index (χ2v) is 3.46. The van der Waals surface area contributed by atoms with Gasteiger partial charge in [0.2, 0.25) is 0 Å². The van der Waals surface area contributed by atoms with Crippen molar-refractivity contribution in [2.45, 2.75) is 0 Å². The van der Waals surface area contributed by atoms with Gasteiger partial charge in [0.15, 0.2) is 0 Å². The van der Waals surface area contributed by atoms with Crippen molar-refractivity contribution in [1.29, 1.82) is 0 Å². The zero-order valence-electron chi connectivity index (χ0n) is 8.12. The van der Waals surface area contributed by atoms with E-state index in [0.717, 1.165) is 10.8 Å². The van der Waals surface area contributed by atoms with Gasteiger partial charge < -0.3 is 5.32 Å². The van der Waals surface area contributed by atoms with Crippen LogP contribution in [0.15, 0.2) is 30.3 Å². The van der Waals surface area contributed by atoms with Crippen molar-refractivity contribution in [3.63, 3.8) is 0 Å². The Morgan fingerprint density at radius 2 is 2.13 bits per heavy atom. The molecule has 1 amide bonds. The van der Waals surface area contributed by atoms with Crippen LogP contribution in [0.3, 0.4) is 0 Å². The molecule has 0 saturated heterocycles. The average molecular weight is 221 g/mol. The molecule has 2 aromatic rings. The number of hydrogen-bond acceptors (Lipinski definition) is 2. The lowest BCUT2D eigenvalue weighted by molar-refractivity contribution is 0.0958. The highest BCUT2D eigenvalue weighted by atomic mass is 35.5. The molecule has 0 saturated carbocycles. The number of fused-ring (bicyclic) bond motifs is 1. The summed E-state index contributed by atoms with van der Waals surface area (Å²) in [6, 6.07) is 9.27. The average Bonchev–Trinajstić information content (AvgIpc) is 2.28. The maximum Gasteiger partial charge on any atom is 0.269 e. The van der Waals surface area contributed by atoms with Crippen LogP contribution in [0.25, 0.3) is 10.8 Å². The largest absolute Gasteiger partial charge is 0.354 e. The summed E-state index contributed by atoms with van der Waals surface area (Å²) < 4.78 is 0. The van der Waals surface area contributed by atoms with Crippen LogP contribution in [0, 0.1) is 0 Å². The summed E-state index contributed by atoms with van der Waals surface area (Å²) in [6.07, 6.45) is 0. The second kappa shape index (κ2) is 3.87. The van der Waals surface area contributed by atoms with E-state index in [1.807, 2.05) is 24.3 Å². The molecule has 4 heteroatoms. The molecule has 1 heterocycles. The van der Waals surface area contributed by atoms with E-state index in [9.17, 15) is 4.79 Å². The monoisotopic (exact) mass is 220 g/mol. The summed E-state index contributed by atoms with van der Waals surface area (Å²) >= 11 is 5.97. The number of carbonyl (C=O) groups is 1. The fraction of sp³-hybridized carbons (Fsp3) is 0.0909. The number of nitrogens with one attached hydrogen (secondary N) is 1.